The Labute approximate surface area is 168 Å². The van der Waals surface area contributed by atoms with Crippen LogP contribution in [0.2, 0.25) is 0 Å². The van der Waals surface area contributed by atoms with Gasteiger partial charge in [-0.1, -0.05) is 12.1 Å². The van der Waals surface area contributed by atoms with Crippen LogP contribution in [0.5, 0.6) is 0 Å². The molecule has 8 heteroatoms. The van der Waals surface area contributed by atoms with Crippen molar-refractivity contribution >= 4 is 35.2 Å². The van der Waals surface area contributed by atoms with E-state index in [1.807, 2.05) is 0 Å². The van der Waals surface area contributed by atoms with Crippen molar-refractivity contribution in [1.82, 2.24) is 4.90 Å². The van der Waals surface area contributed by atoms with Gasteiger partial charge in [0.15, 0.2) is 5.76 Å². The predicted molar refractivity (Wildman–Crippen MR) is 107 cm³/mol. The van der Waals surface area contributed by atoms with Gasteiger partial charge in [0.05, 0.1) is 30.4 Å². The maximum Gasteiger partial charge on any atom is 0.310 e. The summed E-state index contributed by atoms with van der Waals surface area (Å²) in [6.07, 6.45) is 1.45. The Bertz CT molecular complexity index is 780. The first kappa shape index (κ1) is 20.3. The third-order valence-corrected chi connectivity index (χ3v) is 5.39. The highest BCUT2D eigenvalue weighted by atomic mass is 32.2. The first-order valence-corrected chi connectivity index (χ1v) is 10.5. The first-order chi connectivity index (χ1) is 13.6. The van der Waals surface area contributed by atoms with Gasteiger partial charge in [-0.2, -0.15) is 0 Å². The lowest BCUT2D eigenvalue weighted by Gasteiger charge is -2.32. The second-order valence-electron chi connectivity index (χ2n) is 6.54. The minimum atomic E-state index is -0.379. The zero-order chi connectivity index (χ0) is 19.9. The number of carbonyl (C=O) groups is 3. The number of likely N-dealkylation sites (tertiary alicyclic amines) is 1. The number of para-hydroxylation sites is 1. The van der Waals surface area contributed by atoms with E-state index >= 15 is 0 Å². The smallest absolute Gasteiger partial charge is 0.310 e. The van der Waals surface area contributed by atoms with Gasteiger partial charge < -0.3 is 19.7 Å². The molecule has 28 heavy (non-hydrogen) atoms. The molecule has 150 valence electrons. The summed E-state index contributed by atoms with van der Waals surface area (Å²) < 4.78 is 10.5. The minimum Gasteiger partial charge on any atom is -0.487 e. The molecule has 2 heterocycles. The Balaban J connectivity index is 1.72. The van der Waals surface area contributed by atoms with E-state index in [0.717, 1.165) is 12.2 Å². The average molecular weight is 404 g/mol. The van der Waals surface area contributed by atoms with Crippen LogP contribution < -0.4 is 5.32 Å². The fourth-order valence-corrected chi connectivity index (χ4v) is 3.86. The highest BCUT2D eigenvalue weighted by molar-refractivity contribution is 8.02. The molecular weight excluding hydrogens is 380 g/mol. The van der Waals surface area contributed by atoms with Crippen LogP contribution in [0.1, 0.15) is 30.1 Å². The van der Waals surface area contributed by atoms with E-state index in [0.29, 0.717) is 44.0 Å². The van der Waals surface area contributed by atoms with Crippen LogP contribution in [0.4, 0.5) is 5.69 Å². The van der Waals surface area contributed by atoms with Crippen molar-refractivity contribution in [1.29, 1.82) is 0 Å². The van der Waals surface area contributed by atoms with Gasteiger partial charge in [0.1, 0.15) is 0 Å². The molecule has 0 aromatic heterocycles. The first-order valence-electron chi connectivity index (χ1n) is 9.41. The number of hydrogen-bond acceptors (Lipinski definition) is 6. The zero-order valence-corrected chi connectivity index (χ0v) is 16.6. The number of amides is 2. The van der Waals surface area contributed by atoms with E-state index < -0.39 is 0 Å². The second kappa shape index (κ2) is 9.64. The molecule has 7 nitrogen and oxygen atoms in total. The molecule has 0 aliphatic carbocycles. The van der Waals surface area contributed by atoms with Gasteiger partial charge in [0.2, 0.25) is 0 Å². The molecule has 1 unspecified atom stereocenters. The molecule has 1 saturated heterocycles. The molecule has 1 N–H and O–H groups in total. The molecule has 0 radical (unpaired) electrons. The molecule has 2 amide bonds. The summed E-state index contributed by atoms with van der Waals surface area (Å²) in [6, 6.07) is 6.88. The Morgan fingerprint density at radius 2 is 2.14 bits per heavy atom. The van der Waals surface area contributed by atoms with E-state index in [9.17, 15) is 14.4 Å². The van der Waals surface area contributed by atoms with Crippen molar-refractivity contribution in [3.8, 4) is 0 Å². The second-order valence-corrected chi connectivity index (χ2v) is 7.52. The lowest BCUT2D eigenvalue weighted by Crippen LogP contribution is -2.43. The van der Waals surface area contributed by atoms with Gasteiger partial charge in [-0.25, -0.2) is 0 Å². The number of anilines is 1. The maximum atomic E-state index is 13.1. The van der Waals surface area contributed by atoms with Crippen LogP contribution in [0, 0.1) is 5.92 Å². The van der Waals surface area contributed by atoms with Crippen molar-refractivity contribution in [2.24, 2.45) is 5.92 Å². The SMILES string of the molecule is CCOC(=O)C1CCCN(C(=O)c2ccccc2NC(=O)C2=CSCCO2)C1. The summed E-state index contributed by atoms with van der Waals surface area (Å²) in [7, 11) is 0. The third-order valence-electron chi connectivity index (χ3n) is 4.61. The Morgan fingerprint density at radius 1 is 1.32 bits per heavy atom. The summed E-state index contributed by atoms with van der Waals surface area (Å²) in [6.45, 7) is 3.47. The number of esters is 1. The molecule has 0 saturated carbocycles. The van der Waals surface area contributed by atoms with Crippen LogP contribution in [0.15, 0.2) is 35.4 Å². The molecule has 3 rings (SSSR count). The molecule has 2 aliphatic rings. The van der Waals surface area contributed by atoms with E-state index in [-0.39, 0.29) is 29.5 Å². The van der Waals surface area contributed by atoms with Gasteiger partial charge in [-0.15, -0.1) is 11.8 Å². The number of thioether (sulfide) groups is 1. The molecule has 0 spiro atoms. The zero-order valence-electron chi connectivity index (χ0n) is 15.8. The number of nitrogens with zero attached hydrogens (tertiary/aromatic N) is 1. The van der Waals surface area contributed by atoms with E-state index in [1.165, 1.54) is 11.8 Å². The summed E-state index contributed by atoms with van der Waals surface area (Å²) in [5, 5.41) is 4.45. The van der Waals surface area contributed by atoms with E-state index in [1.54, 1.807) is 41.5 Å². The normalized spacial score (nSPS) is 19.2. The number of piperidine rings is 1. The number of hydrogen-bond donors (Lipinski definition) is 1. The monoisotopic (exact) mass is 404 g/mol. The standard InChI is InChI=1S/C20H24N2O5S/c1-2-26-20(25)14-6-5-9-22(12-14)19(24)15-7-3-4-8-16(15)21-18(23)17-13-28-11-10-27-17/h3-4,7-8,13-14H,2,5-6,9-12H2,1H3,(H,21,23). The Kier molecular flexibility index (Phi) is 6.97. The van der Waals surface area contributed by atoms with Gasteiger partial charge in [-0.05, 0) is 31.9 Å². The van der Waals surface area contributed by atoms with Crippen LogP contribution in [0.25, 0.3) is 0 Å². The van der Waals surface area contributed by atoms with Gasteiger partial charge in [0.25, 0.3) is 11.8 Å². The van der Waals surface area contributed by atoms with Crippen molar-refractivity contribution in [2.75, 3.05) is 37.4 Å². The van der Waals surface area contributed by atoms with Crippen molar-refractivity contribution in [2.45, 2.75) is 19.8 Å². The van der Waals surface area contributed by atoms with Crippen molar-refractivity contribution in [3.05, 3.63) is 41.0 Å². The van der Waals surface area contributed by atoms with Crippen LogP contribution in [0.3, 0.4) is 0 Å². The van der Waals surface area contributed by atoms with Gasteiger partial charge >= 0.3 is 5.97 Å². The average Bonchev–Trinajstić information content (AvgIpc) is 2.74. The van der Waals surface area contributed by atoms with Crippen LogP contribution in [-0.4, -0.2) is 54.7 Å². The molecule has 1 atom stereocenters. The third kappa shape index (κ3) is 4.86. The molecule has 1 fully saturated rings. The van der Waals surface area contributed by atoms with E-state index in [4.69, 9.17) is 9.47 Å². The minimum absolute atomic E-state index is 0.210. The van der Waals surface area contributed by atoms with Crippen LogP contribution in [-0.2, 0) is 19.1 Å². The van der Waals surface area contributed by atoms with Gasteiger partial charge in [0, 0.05) is 24.3 Å². The highest BCUT2D eigenvalue weighted by Gasteiger charge is 2.30. The molecule has 0 bridgehead atoms. The fraction of sp³-hybridized carbons (Fsp3) is 0.450. The van der Waals surface area contributed by atoms with Crippen molar-refractivity contribution in [3.63, 3.8) is 0 Å². The predicted octanol–water partition coefficient (Wildman–Crippen LogP) is 2.65. The Morgan fingerprint density at radius 3 is 2.89 bits per heavy atom. The number of rotatable bonds is 5. The summed E-state index contributed by atoms with van der Waals surface area (Å²) in [5.74, 6) is -0.104. The number of nitrogens with one attached hydrogen (secondary N) is 1. The Hall–Kier alpha value is -2.48. The summed E-state index contributed by atoms with van der Waals surface area (Å²) in [5.41, 5.74) is 0.820. The van der Waals surface area contributed by atoms with Crippen molar-refractivity contribution < 1.29 is 23.9 Å². The fourth-order valence-electron chi connectivity index (χ4n) is 3.23. The number of benzene rings is 1. The number of ether oxygens (including phenoxy) is 2. The highest BCUT2D eigenvalue weighted by Crippen LogP contribution is 2.24. The maximum absolute atomic E-state index is 13.1. The lowest BCUT2D eigenvalue weighted by molar-refractivity contribution is -0.149. The summed E-state index contributed by atoms with van der Waals surface area (Å²) in [4.78, 5) is 39.2. The summed E-state index contributed by atoms with van der Waals surface area (Å²) >= 11 is 1.52. The largest absolute Gasteiger partial charge is 0.487 e. The molecule has 1 aromatic rings. The quantitative estimate of drug-likeness (QED) is 0.760. The molecule has 2 aliphatic heterocycles. The molecule has 1 aromatic carbocycles. The molecular formula is C20H24N2O5S. The topological polar surface area (TPSA) is 84.9 Å². The van der Waals surface area contributed by atoms with Crippen LogP contribution >= 0.6 is 11.8 Å². The van der Waals surface area contributed by atoms with Gasteiger partial charge in [-0.3, -0.25) is 14.4 Å². The van der Waals surface area contributed by atoms with E-state index in [2.05, 4.69) is 5.32 Å². The lowest BCUT2D eigenvalue weighted by atomic mass is 9.97. The number of carbonyl (C=O) groups excluding carboxylic acids is 3.